The smallest absolute Gasteiger partial charge is 0.330 e. The summed E-state index contributed by atoms with van der Waals surface area (Å²) in [5, 5.41) is 0.113. The Morgan fingerprint density at radius 3 is 2.54 bits per heavy atom. The summed E-state index contributed by atoms with van der Waals surface area (Å²) in [6.07, 6.45) is 2.04. The van der Waals surface area contributed by atoms with Gasteiger partial charge in [0.1, 0.15) is 6.10 Å². The molecule has 1 saturated heterocycles. The van der Waals surface area contributed by atoms with Crippen molar-refractivity contribution in [1.82, 2.24) is 9.55 Å². The molecule has 1 aliphatic heterocycles. The maximum Gasteiger partial charge on any atom is 0.330 e. The second kappa shape index (κ2) is 6.95. The number of H-pyrrole nitrogens is 1. The van der Waals surface area contributed by atoms with Crippen LogP contribution in [-0.4, -0.2) is 43.8 Å². The van der Waals surface area contributed by atoms with Crippen molar-refractivity contribution >= 4 is 8.32 Å². The molecule has 3 atom stereocenters. The predicted octanol–water partition coefficient (Wildman–Crippen LogP) is 1.68. The van der Waals surface area contributed by atoms with Crippen LogP contribution in [0.4, 0.5) is 0 Å². The van der Waals surface area contributed by atoms with Crippen molar-refractivity contribution in [1.29, 1.82) is 0 Å². The van der Waals surface area contributed by atoms with Crippen LogP contribution in [0.5, 0.6) is 0 Å². The topological polar surface area (TPSA) is 82.6 Å². The number of rotatable bonds is 5. The van der Waals surface area contributed by atoms with E-state index in [1.807, 2.05) is 6.42 Å². The van der Waals surface area contributed by atoms with Crippen molar-refractivity contribution in [3.8, 4) is 0 Å². The summed E-state index contributed by atoms with van der Waals surface area (Å²) >= 11 is 0. The maximum absolute atomic E-state index is 12.0. The van der Waals surface area contributed by atoms with Gasteiger partial charge < -0.3 is 13.9 Å². The monoisotopic (exact) mass is 355 g/mol. The number of hydrogen-bond donors (Lipinski definition) is 1. The van der Waals surface area contributed by atoms with Gasteiger partial charge in [0, 0.05) is 25.8 Å². The lowest BCUT2D eigenvalue weighted by molar-refractivity contribution is -0.0613. The summed E-state index contributed by atoms with van der Waals surface area (Å²) in [5.41, 5.74) is -0.959. The number of aromatic amines is 1. The number of ether oxygens (including phenoxy) is 2. The Morgan fingerprint density at radius 2 is 2.00 bits per heavy atom. The van der Waals surface area contributed by atoms with E-state index in [0.717, 1.165) is 0 Å². The Labute approximate surface area is 143 Å². The molecule has 0 aromatic carbocycles. The van der Waals surface area contributed by atoms with Crippen LogP contribution in [0.2, 0.25) is 18.1 Å². The first kappa shape index (κ1) is 19.1. The van der Waals surface area contributed by atoms with Crippen molar-refractivity contribution in [3.05, 3.63) is 39.5 Å². The van der Waals surface area contributed by atoms with Gasteiger partial charge in [-0.25, -0.2) is 4.79 Å². The van der Waals surface area contributed by atoms with Gasteiger partial charge in [0.15, 0.2) is 14.5 Å². The molecule has 0 bridgehead atoms. The lowest BCUT2D eigenvalue weighted by Crippen LogP contribution is -2.42. The Morgan fingerprint density at radius 1 is 1.33 bits per heavy atom. The second-order valence-electron chi connectivity index (χ2n) is 7.55. The number of nitrogens with one attached hydrogen (secondary N) is 1. The van der Waals surface area contributed by atoms with Gasteiger partial charge in [-0.1, -0.05) is 20.8 Å². The molecular weight excluding hydrogens is 328 g/mol. The Balaban J connectivity index is 2.09. The summed E-state index contributed by atoms with van der Waals surface area (Å²) in [6, 6.07) is 1.29. The highest BCUT2D eigenvalue weighted by Gasteiger charge is 2.41. The lowest BCUT2D eigenvalue weighted by Gasteiger charge is -2.36. The Hall–Kier alpha value is -1.22. The molecule has 8 heteroatoms. The average molecular weight is 355 g/mol. The fourth-order valence-electron chi connectivity index (χ4n) is 2.26. The largest absolute Gasteiger partial charge is 0.414 e. The van der Waals surface area contributed by atoms with E-state index in [0.29, 0.717) is 6.61 Å². The number of aromatic nitrogens is 2. The van der Waals surface area contributed by atoms with E-state index in [2.05, 4.69) is 38.8 Å². The SMILES string of the molecule is CO[C@@H]1[CH][C@H](CO[Si](C)(C)C(C)(C)C)O[C@H]1n1ccc(=O)[nH]c1=O. The van der Waals surface area contributed by atoms with E-state index in [9.17, 15) is 9.59 Å². The van der Waals surface area contributed by atoms with E-state index < -0.39 is 25.8 Å². The molecular formula is C16H27N2O5Si. The van der Waals surface area contributed by atoms with Crippen LogP contribution in [0, 0.1) is 6.42 Å². The maximum atomic E-state index is 12.0. The van der Waals surface area contributed by atoms with Crippen LogP contribution in [0.15, 0.2) is 21.9 Å². The molecule has 0 amide bonds. The zero-order valence-electron chi connectivity index (χ0n) is 15.2. The molecule has 1 fully saturated rings. The lowest BCUT2D eigenvalue weighted by atomic mass is 10.2. The fourth-order valence-corrected chi connectivity index (χ4v) is 3.27. The molecule has 1 aromatic heterocycles. The van der Waals surface area contributed by atoms with E-state index >= 15 is 0 Å². The highest BCUT2D eigenvalue weighted by molar-refractivity contribution is 6.74. The zero-order chi connectivity index (χ0) is 18.1. The van der Waals surface area contributed by atoms with Crippen molar-refractivity contribution in [3.63, 3.8) is 0 Å². The highest BCUT2D eigenvalue weighted by atomic mass is 28.4. The van der Waals surface area contributed by atoms with E-state index in [-0.39, 0.29) is 17.2 Å². The van der Waals surface area contributed by atoms with Crippen molar-refractivity contribution < 1.29 is 13.9 Å². The molecule has 0 saturated carbocycles. The molecule has 135 valence electrons. The van der Waals surface area contributed by atoms with Crippen LogP contribution >= 0.6 is 0 Å². The van der Waals surface area contributed by atoms with Gasteiger partial charge in [-0.3, -0.25) is 14.3 Å². The minimum atomic E-state index is -1.88. The van der Waals surface area contributed by atoms with Crippen molar-refractivity contribution in [2.24, 2.45) is 0 Å². The summed E-state index contributed by atoms with van der Waals surface area (Å²) < 4.78 is 18.9. The van der Waals surface area contributed by atoms with Gasteiger partial charge in [0.2, 0.25) is 0 Å². The first-order valence-corrected chi connectivity index (χ1v) is 10.9. The molecule has 1 aromatic rings. The molecule has 0 spiro atoms. The summed E-state index contributed by atoms with van der Waals surface area (Å²) in [4.78, 5) is 25.4. The van der Waals surface area contributed by atoms with E-state index in [4.69, 9.17) is 13.9 Å². The second-order valence-corrected chi connectivity index (χ2v) is 12.4. The average Bonchev–Trinajstić information content (AvgIpc) is 2.87. The third kappa shape index (κ3) is 4.05. The van der Waals surface area contributed by atoms with Crippen LogP contribution in [0.3, 0.4) is 0 Å². The Bertz CT molecular complexity index is 676. The van der Waals surface area contributed by atoms with Gasteiger partial charge in [-0.15, -0.1) is 0 Å². The van der Waals surface area contributed by atoms with Crippen molar-refractivity contribution in [2.75, 3.05) is 13.7 Å². The van der Waals surface area contributed by atoms with Crippen LogP contribution < -0.4 is 11.2 Å². The third-order valence-corrected chi connectivity index (χ3v) is 9.31. The van der Waals surface area contributed by atoms with Crippen LogP contribution in [0.25, 0.3) is 0 Å². The molecule has 2 rings (SSSR count). The van der Waals surface area contributed by atoms with Crippen molar-refractivity contribution in [2.45, 2.75) is 57.3 Å². The summed E-state index contributed by atoms with van der Waals surface area (Å²) in [5.74, 6) is 0. The van der Waals surface area contributed by atoms with Gasteiger partial charge in [-0.05, 0) is 18.1 Å². The highest BCUT2D eigenvalue weighted by Crippen LogP contribution is 2.37. The van der Waals surface area contributed by atoms with Gasteiger partial charge in [0.05, 0.1) is 12.7 Å². The van der Waals surface area contributed by atoms with Gasteiger partial charge >= 0.3 is 5.69 Å². The predicted molar refractivity (Wildman–Crippen MR) is 93.5 cm³/mol. The van der Waals surface area contributed by atoms with Crippen LogP contribution in [-0.2, 0) is 13.9 Å². The minimum Gasteiger partial charge on any atom is -0.414 e. The standard InChI is InChI=1S/C16H27N2O5Si/c1-16(2,3)24(5,6)22-10-11-9-12(21-4)14(23-11)18-8-7-13(19)17-15(18)20/h7-9,11-12,14H,10H2,1-6H3,(H,17,19,20)/t11-,12-,14-/m1/s1. The van der Waals surface area contributed by atoms with Gasteiger partial charge in [0.25, 0.3) is 5.56 Å². The first-order chi connectivity index (χ1) is 11.0. The molecule has 1 radical (unpaired) electrons. The minimum absolute atomic E-state index is 0.113. The zero-order valence-corrected chi connectivity index (χ0v) is 16.2. The molecule has 24 heavy (non-hydrogen) atoms. The Kier molecular flexibility index (Phi) is 5.53. The number of nitrogens with zero attached hydrogens (tertiary/aromatic N) is 1. The number of methoxy groups -OCH3 is 1. The van der Waals surface area contributed by atoms with E-state index in [1.165, 1.54) is 16.8 Å². The molecule has 2 heterocycles. The molecule has 0 aliphatic carbocycles. The molecule has 1 aliphatic rings. The third-order valence-electron chi connectivity index (χ3n) is 4.81. The summed E-state index contributed by atoms with van der Waals surface area (Å²) in [6.45, 7) is 11.3. The molecule has 7 nitrogen and oxygen atoms in total. The van der Waals surface area contributed by atoms with Crippen LogP contribution in [0.1, 0.15) is 27.0 Å². The summed E-state index contributed by atoms with van der Waals surface area (Å²) in [7, 11) is -0.320. The number of hydrogen-bond acceptors (Lipinski definition) is 5. The quantitative estimate of drug-likeness (QED) is 0.813. The molecule has 1 N–H and O–H groups in total. The fraction of sp³-hybridized carbons (Fsp3) is 0.688. The van der Waals surface area contributed by atoms with Gasteiger partial charge in [-0.2, -0.15) is 0 Å². The first-order valence-electron chi connectivity index (χ1n) is 8.04. The normalized spacial score (nSPS) is 25.2. The molecule has 0 unspecified atom stereocenters. The van der Waals surface area contributed by atoms with E-state index in [1.54, 1.807) is 7.11 Å².